The van der Waals surface area contributed by atoms with Crippen LogP contribution in [0.1, 0.15) is 112 Å². The minimum atomic E-state index is -0.272. The molecule has 17 nitrogen and oxygen atoms in total. The molecule has 8 rings (SSSR count). The second kappa shape index (κ2) is 24.6. The number of thiazole rings is 1. The van der Waals surface area contributed by atoms with E-state index in [1.807, 2.05) is 68.8 Å². The molecule has 0 aliphatic heterocycles. The molecule has 69 heavy (non-hydrogen) atoms. The Morgan fingerprint density at radius 2 is 1.25 bits per heavy atom. The SMILES string of the molecule is CNC(=O)CCCCC[C@H](NC(=O)c1ccns1)c1ncc(-c2ccc(-c3ccn(C)n3)cc2)[nH]1.CNC(=O)CCCCC[C@H](NC(=O)c1cnc(C)s1)c1ncc(-c2ccc3ccncc3c2)[nH]1. The van der Waals surface area contributed by atoms with Crippen molar-refractivity contribution in [2.24, 2.45) is 7.05 Å². The van der Waals surface area contributed by atoms with Crippen molar-refractivity contribution in [2.45, 2.75) is 83.2 Å². The number of aromatic nitrogens is 9. The summed E-state index contributed by atoms with van der Waals surface area (Å²) in [5.74, 6) is 1.19. The number of aryl methyl sites for hydroxylation is 2. The van der Waals surface area contributed by atoms with Gasteiger partial charge in [-0.15, -0.1) is 11.3 Å². The molecule has 2 aromatic carbocycles. The van der Waals surface area contributed by atoms with Crippen LogP contribution < -0.4 is 21.3 Å². The Morgan fingerprint density at radius 1 is 0.638 bits per heavy atom. The molecule has 6 N–H and O–H groups in total. The Morgan fingerprint density at radius 3 is 1.81 bits per heavy atom. The highest BCUT2D eigenvalue weighted by atomic mass is 32.1. The second-order valence-electron chi connectivity index (χ2n) is 16.5. The first-order chi connectivity index (χ1) is 33.6. The first-order valence-electron chi connectivity index (χ1n) is 23.0. The van der Waals surface area contributed by atoms with Gasteiger partial charge in [0.05, 0.1) is 52.8 Å². The van der Waals surface area contributed by atoms with Gasteiger partial charge < -0.3 is 31.2 Å². The molecule has 19 heteroatoms. The van der Waals surface area contributed by atoms with Crippen molar-refractivity contribution in [2.75, 3.05) is 14.1 Å². The number of imidazole rings is 2. The van der Waals surface area contributed by atoms with E-state index in [9.17, 15) is 19.2 Å². The van der Waals surface area contributed by atoms with Crippen molar-refractivity contribution >= 4 is 57.3 Å². The molecule has 2 atom stereocenters. The van der Waals surface area contributed by atoms with E-state index in [0.717, 1.165) is 88.1 Å². The minimum absolute atomic E-state index is 0.0461. The number of pyridine rings is 1. The van der Waals surface area contributed by atoms with Crippen LogP contribution in [-0.2, 0) is 16.6 Å². The number of nitrogens with zero attached hydrogens (tertiary/aromatic N) is 7. The van der Waals surface area contributed by atoms with E-state index in [4.69, 9.17) is 0 Å². The maximum atomic E-state index is 12.8. The minimum Gasteiger partial charge on any atom is -0.359 e. The van der Waals surface area contributed by atoms with Crippen LogP contribution in [0.4, 0.5) is 0 Å². The number of rotatable bonds is 21. The van der Waals surface area contributed by atoms with Crippen LogP contribution in [0, 0.1) is 6.92 Å². The van der Waals surface area contributed by atoms with E-state index in [2.05, 4.69) is 72.8 Å². The lowest BCUT2D eigenvalue weighted by Gasteiger charge is -2.16. The molecular weight excluding hydrogens is 911 g/mol. The van der Waals surface area contributed by atoms with Crippen molar-refractivity contribution in [3.63, 3.8) is 0 Å². The topological polar surface area (TPSA) is 230 Å². The third-order valence-corrected chi connectivity index (χ3v) is 13.1. The van der Waals surface area contributed by atoms with Gasteiger partial charge in [-0.2, -0.15) is 5.10 Å². The van der Waals surface area contributed by atoms with Gasteiger partial charge in [0.2, 0.25) is 11.8 Å². The lowest BCUT2D eigenvalue weighted by Crippen LogP contribution is -2.28. The van der Waals surface area contributed by atoms with E-state index in [0.29, 0.717) is 47.1 Å². The Balaban J connectivity index is 0.000000204. The Bertz CT molecular complexity index is 2920. The second-order valence-corrected chi connectivity index (χ2v) is 18.5. The van der Waals surface area contributed by atoms with Crippen LogP contribution in [0.25, 0.3) is 44.5 Å². The molecule has 4 amide bonds. The van der Waals surface area contributed by atoms with Gasteiger partial charge in [0.15, 0.2) is 0 Å². The van der Waals surface area contributed by atoms with Gasteiger partial charge in [-0.25, -0.2) is 19.3 Å². The van der Waals surface area contributed by atoms with E-state index >= 15 is 0 Å². The van der Waals surface area contributed by atoms with Gasteiger partial charge in [-0.1, -0.05) is 62.1 Å². The Hall–Kier alpha value is -7.38. The number of benzene rings is 2. The largest absolute Gasteiger partial charge is 0.359 e. The quantitative estimate of drug-likeness (QED) is 0.0375. The normalized spacial score (nSPS) is 11.9. The van der Waals surface area contributed by atoms with Crippen LogP contribution in [0.2, 0.25) is 0 Å². The van der Waals surface area contributed by atoms with Crippen LogP contribution in [-0.4, -0.2) is 81.8 Å². The third kappa shape index (κ3) is 14.1. The summed E-state index contributed by atoms with van der Waals surface area (Å²) >= 11 is 2.53. The first-order valence-corrected chi connectivity index (χ1v) is 24.6. The molecule has 0 radical (unpaired) electrons. The van der Waals surface area contributed by atoms with Gasteiger partial charge in [-0.05, 0) is 79.4 Å². The van der Waals surface area contributed by atoms with E-state index in [-0.39, 0.29) is 35.7 Å². The van der Waals surface area contributed by atoms with Gasteiger partial charge in [0, 0.05) is 75.3 Å². The van der Waals surface area contributed by atoms with E-state index in [1.165, 1.54) is 22.9 Å². The summed E-state index contributed by atoms with van der Waals surface area (Å²) in [7, 11) is 5.19. The fourth-order valence-corrected chi connectivity index (χ4v) is 8.83. The molecule has 6 aromatic heterocycles. The number of hydrogen-bond acceptors (Lipinski definition) is 12. The lowest BCUT2D eigenvalue weighted by molar-refractivity contribution is -0.121. The average Bonchev–Trinajstić information content (AvgIpc) is 4.25. The number of amides is 4. The molecule has 0 bridgehead atoms. The summed E-state index contributed by atoms with van der Waals surface area (Å²) in [4.78, 5) is 74.0. The molecule has 0 aliphatic carbocycles. The zero-order valence-corrected chi connectivity index (χ0v) is 40.8. The third-order valence-electron chi connectivity index (χ3n) is 11.5. The Labute approximate surface area is 408 Å². The number of aromatic amines is 2. The predicted molar refractivity (Wildman–Crippen MR) is 269 cm³/mol. The number of carbonyl (C=O) groups is 4. The molecule has 0 unspecified atom stereocenters. The van der Waals surface area contributed by atoms with Gasteiger partial charge in [0.1, 0.15) is 21.4 Å². The Kier molecular flexibility index (Phi) is 17.6. The molecule has 0 saturated heterocycles. The first kappa shape index (κ1) is 49.5. The smallest absolute Gasteiger partial charge is 0.263 e. The molecule has 0 fully saturated rings. The van der Waals surface area contributed by atoms with Crippen LogP contribution in [0.15, 0.2) is 104 Å². The van der Waals surface area contributed by atoms with Crippen molar-refractivity contribution in [1.29, 1.82) is 0 Å². The van der Waals surface area contributed by atoms with Gasteiger partial charge >= 0.3 is 0 Å². The summed E-state index contributed by atoms with van der Waals surface area (Å²) in [5, 5.41) is 19.0. The van der Waals surface area contributed by atoms with Crippen LogP contribution in [0.5, 0.6) is 0 Å². The summed E-state index contributed by atoms with van der Waals surface area (Å²) < 4.78 is 5.80. The summed E-state index contributed by atoms with van der Waals surface area (Å²) in [6.07, 6.45) is 19.9. The number of nitrogens with one attached hydrogen (secondary N) is 6. The molecule has 0 spiro atoms. The highest BCUT2D eigenvalue weighted by Crippen LogP contribution is 2.28. The molecule has 358 valence electrons. The molecular formula is C50H57N13O4S2. The van der Waals surface area contributed by atoms with Crippen molar-refractivity contribution in [3.05, 3.63) is 130 Å². The van der Waals surface area contributed by atoms with Crippen LogP contribution >= 0.6 is 22.9 Å². The summed E-state index contributed by atoms with van der Waals surface area (Å²) in [5.41, 5.74) is 5.74. The highest BCUT2D eigenvalue weighted by Gasteiger charge is 2.22. The van der Waals surface area contributed by atoms with E-state index in [1.54, 1.807) is 55.8 Å². The fraction of sp³-hybridized carbons (Fsp3) is 0.320. The predicted octanol–water partition coefficient (Wildman–Crippen LogP) is 8.66. The monoisotopic (exact) mass is 967 g/mol. The molecule has 6 heterocycles. The lowest BCUT2D eigenvalue weighted by atomic mass is 10.1. The number of hydrogen-bond donors (Lipinski definition) is 6. The number of fused-ring (bicyclic) bond motifs is 1. The fourth-order valence-electron chi connectivity index (χ4n) is 7.65. The number of H-pyrrole nitrogens is 2. The maximum Gasteiger partial charge on any atom is 0.263 e. The summed E-state index contributed by atoms with van der Waals surface area (Å²) in [6, 6.07) is 19.4. The average molecular weight is 968 g/mol. The molecule has 0 aliphatic rings. The van der Waals surface area contributed by atoms with Gasteiger partial charge in [0.25, 0.3) is 11.8 Å². The number of unbranched alkanes of at least 4 members (excludes halogenated alkanes) is 4. The number of carbonyl (C=O) groups excluding carboxylic acids is 4. The highest BCUT2D eigenvalue weighted by molar-refractivity contribution is 7.13. The maximum absolute atomic E-state index is 12.8. The standard InChI is InChI=1S/C25H29N7O2S.C25H28N6O2S/c1-26-23(33)7-5-3-4-6-20(30-25(34)22-12-14-28-35-22)24-27-16-21(29-24)18-10-8-17(9-11-18)19-13-15-32(2)31-19;1-16-28-15-22(34-16)25(33)31-20(6-4-3-5-7-23(32)26-2)24-29-14-21(30-24)18-9-8-17-10-11-27-13-19(17)12-18/h8-16,20H,3-7H2,1-2H3,(H,26,33)(H,27,29)(H,30,34);8-15,20H,3-7H2,1-2H3,(H,26,32)(H,29,30)(H,31,33)/t2*20-/m00/s1. The van der Waals surface area contributed by atoms with Crippen molar-refractivity contribution in [1.82, 2.24) is 65.3 Å². The van der Waals surface area contributed by atoms with E-state index < -0.39 is 0 Å². The molecule has 0 saturated carbocycles. The van der Waals surface area contributed by atoms with Crippen molar-refractivity contribution < 1.29 is 19.2 Å². The summed E-state index contributed by atoms with van der Waals surface area (Å²) in [6.45, 7) is 1.88. The zero-order valence-electron chi connectivity index (χ0n) is 39.1. The van der Waals surface area contributed by atoms with Crippen molar-refractivity contribution in [3.8, 4) is 33.8 Å². The van der Waals surface area contributed by atoms with Crippen LogP contribution in [0.3, 0.4) is 0 Å². The van der Waals surface area contributed by atoms with Gasteiger partial charge in [-0.3, -0.25) is 28.8 Å². The zero-order chi connectivity index (χ0) is 48.5. The molecule has 8 aromatic rings.